The number of hydrogen-bond acceptors (Lipinski definition) is 5. The number of pyridine rings is 1. The third-order valence-corrected chi connectivity index (χ3v) is 3.76. The van der Waals surface area contributed by atoms with Crippen molar-refractivity contribution in [1.82, 2.24) is 4.98 Å². The predicted molar refractivity (Wildman–Crippen MR) is 95.6 cm³/mol. The summed E-state index contributed by atoms with van der Waals surface area (Å²) in [5.74, 6) is 0.920. The minimum Gasteiger partial charge on any atom is -0.507 e. The van der Waals surface area contributed by atoms with Gasteiger partial charge in [-0.2, -0.15) is 0 Å². The van der Waals surface area contributed by atoms with Crippen molar-refractivity contribution in [2.45, 2.75) is 13.8 Å². The second-order valence-electron chi connectivity index (χ2n) is 5.43. The molecule has 0 radical (unpaired) electrons. The van der Waals surface area contributed by atoms with E-state index in [2.05, 4.69) is 4.98 Å². The van der Waals surface area contributed by atoms with Crippen LogP contribution in [0.15, 0.2) is 48.7 Å². The van der Waals surface area contributed by atoms with Gasteiger partial charge in [-0.3, -0.25) is 9.78 Å². The summed E-state index contributed by atoms with van der Waals surface area (Å²) in [5.41, 5.74) is 1.36. The van der Waals surface area contributed by atoms with Gasteiger partial charge in [0, 0.05) is 23.2 Å². The zero-order valence-electron chi connectivity index (χ0n) is 14.2. The molecule has 1 aromatic heterocycles. The van der Waals surface area contributed by atoms with Crippen LogP contribution < -0.4 is 9.47 Å². The van der Waals surface area contributed by atoms with Crippen LogP contribution in [0.3, 0.4) is 0 Å². The number of ether oxygens (including phenoxy) is 2. The second kappa shape index (κ2) is 7.21. The quantitative estimate of drug-likeness (QED) is 0.689. The first-order valence-electron chi connectivity index (χ1n) is 8.16. The lowest BCUT2D eigenvalue weighted by Gasteiger charge is -2.12. The number of benzene rings is 2. The van der Waals surface area contributed by atoms with Gasteiger partial charge in [0.2, 0.25) is 0 Å². The summed E-state index contributed by atoms with van der Waals surface area (Å²) in [6.07, 6.45) is 1.51. The molecule has 0 saturated heterocycles. The molecule has 5 heteroatoms. The van der Waals surface area contributed by atoms with Crippen LogP contribution in [0.1, 0.15) is 29.8 Å². The van der Waals surface area contributed by atoms with E-state index in [-0.39, 0.29) is 17.1 Å². The van der Waals surface area contributed by atoms with Gasteiger partial charge < -0.3 is 14.6 Å². The number of carbonyl (C=O) groups is 1. The molecule has 0 fully saturated rings. The average Bonchev–Trinajstić information content (AvgIpc) is 2.62. The van der Waals surface area contributed by atoms with E-state index in [0.717, 1.165) is 5.39 Å². The van der Waals surface area contributed by atoms with Gasteiger partial charge in [-0.1, -0.05) is 12.1 Å². The number of rotatable bonds is 6. The minimum absolute atomic E-state index is 0.0469. The number of fused-ring (bicyclic) bond motifs is 1. The molecule has 0 spiro atoms. The first kappa shape index (κ1) is 16.8. The van der Waals surface area contributed by atoms with Gasteiger partial charge in [-0.25, -0.2) is 0 Å². The Morgan fingerprint density at radius 3 is 2.40 bits per heavy atom. The third-order valence-electron chi connectivity index (χ3n) is 3.76. The minimum atomic E-state index is -0.278. The lowest BCUT2D eigenvalue weighted by atomic mass is 10.0. The Bertz CT molecular complexity index is 921. The molecule has 2 aromatic carbocycles. The number of nitrogens with zero attached hydrogens (tertiary/aromatic N) is 1. The normalized spacial score (nSPS) is 10.6. The van der Waals surface area contributed by atoms with Gasteiger partial charge in [0.15, 0.2) is 17.3 Å². The molecule has 1 heterocycles. The van der Waals surface area contributed by atoms with Crippen LogP contribution in [0.5, 0.6) is 17.2 Å². The lowest BCUT2D eigenvalue weighted by Crippen LogP contribution is -2.03. The number of aromatic nitrogens is 1. The maximum atomic E-state index is 12.6. The fourth-order valence-electron chi connectivity index (χ4n) is 2.62. The Kier molecular flexibility index (Phi) is 4.84. The van der Waals surface area contributed by atoms with Crippen molar-refractivity contribution < 1.29 is 19.4 Å². The first-order chi connectivity index (χ1) is 12.1. The molecule has 0 aliphatic carbocycles. The van der Waals surface area contributed by atoms with Gasteiger partial charge >= 0.3 is 0 Å². The Morgan fingerprint density at radius 2 is 1.72 bits per heavy atom. The third kappa shape index (κ3) is 3.40. The molecule has 1 N–H and O–H groups in total. The molecule has 0 unspecified atom stereocenters. The fraction of sp³-hybridized carbons (Fsp3) is 0.200. The lowest BCUT2D eigenvalue weighted by molar-refractivity contribution is 0.103. The van der Waals surface area contributed by atoms with E-state index in [4.69, 9.17) is 9.47 Å². The molecule has 0 aliphatic heterocycles. The van der Waals surface area contributed by atoms with Gasteiger partial charge in [0.1, 0.15) is 5.75 Å². The fourth-order valence-corrected chi connectivity index (χ4v) is 2.62. The Balaban J connectivity index is 2.06. The molecule has 5 nitrogen and oxygen atoms in total. The molecule has 25 heavy (non-hydrogen) atoms. The van der Waals surface area contributed by atoms with E-state index >= 15 is 0 Å². The standard InChI is InChI=1S/C20H19NO4/c1-3-24-18-10-13-9-14(12-21-16(13)11-19(18)25-4-2)20(23)15-7-5-6-8-17(15)22/h5-12,22H,3-4H2,1-2H3. The van der Waals surface area contributed by atoms with Crippen LogP contribution in [-0.2, 0) is 0 Å². The zero-order chi connectivity index (χ0) is 17.8. The van der Waals surface area contributed by atoms with Crippen molar-refractivity contribution in [3.63, 3.8) is 0 Å². The summed E-state index contributed by atoms with van der Waals surface area (Å²) in [6, 6.07) is 11.8. The van der Waals surface area contributed by atoms with Gasteiger partial charge in [-0.15, -0.1) is 0 Å². The zero-order valence-corrected chi connectivity index (χ0v) is 14.2. The van der Waals surface area contributed by atoms with Crippen molar-refractivity contribution in [2.75, 3.05) is 13.2 Å². The predicted octanol–water partition coefficient (Wildman–Crippen LogP) is 3.97. The van der Waals surface area contributed by atoms with Crippen LogP contribution >= 0.6 is 0 Å². The van der Waals surface area contributed by atoms with Crippen molar-refractivity contribution in [2.24, 2.45) is 0 Å². The van der Waals surface area contributed by atoms with Crippen LogP contribution in [0.2, 0.25) is 0 Å². The van der Waals surface area contributed by atoms with Crippen LogP contribution in [0, 0.1) is 0 Å². The number of phenolic OH excluding ortho intramolecular Hbond substituents is 1. The summed E-state index contributed by atoms with van der Waals surface area (Å²) in [7, 11) is 0. The molecule has 128 valence electrons. The van der Waals surface area contributed by atoms with Crippen LogP contribution in [0.25, 0.3) is 10.9 Å². The maximum Gasteiger partial charge on any atom is 0.198 e. The maximum absolute atomic E-state index is 12.6. The molecular formula is C20H19NO4. The number of phenols is 1. The molecule has 0 bridgehead atoms. The highest BCUT2D eigenvalue weighted by atomic mass is 16.5. The monoisotopic (exact) mass is 337 g/mol. The van der Waals surface area contributed by atoms with Crippen molar-refractivity contribution >= 4 is 16.7 Å². The highest BCUT2D eigenvalue weighted by molar-refractivity contribution is 6.11. The summed E-state index contributed by atoms with van der Waals surface area (Å²) >= 11 is 0. The molecule has 3 rings (SSSR count). The smallest absolute Gasteiger partial charge is 0.198 e. The molecule has 0 amide bonds. The number of aromatic hydroxyl groups is 1. The summed E-state index contributed by atoms with van der Waals surface area (Å²) in [4.78, 5) is 17.0. The number of ketones is 1. The van der Waals surface area contributed by atoms with E-state index in [9.17, 15) is 9.90 Å². The van der Waals surface area contributed by atoms with Crippen molar-refractivity contribution in [3.05, 3.63) is 59.8 Å². The number of para-hydroxylation sites is 1. The number of carbonyl (C=O) groups excluding carboxylic acids is 1. The second-order valence-corrected chi connectivity index (χ2v) is 5.43. The largest absolute Gasteiger partial charge is 0.507 e. The molecule has 0 atom stereocenters. The first-order valence-corrected chi connectivity index (χ1v) is 8.16. The topological polar surface area (TPSA) is 68.7 Å². The highest BCUT2D eigenvalue weighted by Gasteiger charge is 2.15. The highest BCUT2D eigenvalue weighted by Crippen LogP contribution is 2.32. The number of hydrogen-bond donors (Lipinski definition) is 1. The van der Waals surface area contributed by atoms with E-state index in [1.807, 2.05) is 19.9 Å². The average molecular weight is 337 g/mol. The SMILES string of the molecule is CCOc1cc2cc(C(=O)c3ccccc3O)cnc2cc1OCC. The van der Waals surface area contributed by atoms with E-state index in [1.54, 1.807) is 30.3 Å². The van der Waals surface area contributed by atoms with Gasteiger partial charge in [0.25, 0.3) is 0 Å². The van der Waals surface area contributed by atoms with Gasteiger partial charge in [-0.05, 0) is 38.1 Å². The summed E-state index contributed by atoms with van der Waals surface area (Å²) in [5, 5.41) is 10.7. The molecular weight excluding hydrogens is 318 g/mol. The summed E-state index contributed by atoms with van der Waals surface area (Å²) < 4.78 is 11.2. The molecule has 0 saturated carbocycles. The Hall–Kier alpha value is -3.08. The molecule has 3 aromatic rings. The van der Waals surface area contributed by atoms with Crippen LogP contribution in [-0.4, -0.2) is 29.1 Å². The van der Waals surface area contributed by atoms with Crippen molar-refractivity contribution in [3.8, 4) is 17.2 Å². The Morgan fingerprint density at radius 1 is 1.04 bits per heavy atom. The Labute approximate surface area is 145 Å². The van der Waals surface area contributed by atoms with E-state index in [1.165, 1.54) is 12.3 Å². The van der Waals surface area contributed by atoms with E-state index in [0.29, 0.717) is 35.8 Å². The van der Waals surface area contributed by atoms with E-state index < -0.39 is 0 Å². The molecule has 0 aliphatic rings. The summed E-state index contributed by atoms with van der Waals surface area (Å²) in [6.45, 7) is 4.84. The van der Waals surface area contributed by atoms with Crippen LogP contribution in [0.4, 0.5) is 0 Å². The van der Waals surface area contributed by atoms with Gasteiger partial charge in [0.05, 0.1) is 24.3 Å². The van der Waals surface area contributed by atoms with Crippen molar-refractivity contribution in [1.29, 1.82) is 0 Å².